The third-order valence-corrected chi connectivity index (χ3v) is 3.77. The van der Waals surface area contributed by atoms with E-state index in [9.17, 15) is 4.79 Å². The largest absolute Gasteiger partial charge is 0.341 e. The number of nitrogens with zero attached hydrogens (tertiary/aromatic N) is 2. The number of carbonyl (C=O) groups excluding carboxylic acids is 1. The molecule has 110 valence electrons. The highest BCUT2D eigenvalue weighted by Crippen LogP contribution is 2.11. The third-order valence-electron chi connectivity index (χ3n) is 3.77. The van der Waals surface area contributed by atoms with Crippen molar-refractivity contribution in [3.63, 3.8) is 0 Å². The molecule has 1 aliphatic rings. The van der Waals surface area contributed by atoms with Crippen LogP contribution in [0.25, 0.3) is 0 Å². The Morgan fingerprint density at radius 2 is 1.85 bits per heavy atom. The van der Waals surface area contributed by atoms with E-state index in [0.717, 1.165) is 39.1 Å². The second-order valence-electron chi connectivity index (χ2n) is 6.09. The summed E-state index contributed by atoms with van der Waals surface area (Å²) in [7, 11) is 0. The summed E-state index contributed by atoms with van der Waals surface area (Å²) >= 11 is 0. The van der Waals surface area contributed by atoms with E-state index in [4.69, 9.17) is 0 Å². The Balaban J connectivity index is 1.84. The van der Waals surface area contributed by atoms with Crippen LogP contribution in [0.1, 0.15) is 32.3 Å². The molecule has 1 fully saturated rings. The second-order valence-corrected chi connectivity index (χ2v) is 6.09. The first-order chi connectivity index (χ1) is 9.65. The Labute approximate surface area is 122 Å². The summed E-state index contributed by atoms with van der Waals surface area (Å²) in [6, 6.07) is 10.6. The standard InChI is InChI=1S/C17H26N2O/c1-15(2)13-17(20)19-10-6-9-18(11-12-19)14-16-7-4-3-5-8-16/h3-5,7-8,15H,6,9-14H2,1-2H3. The molecule has 0 aliphatic carbocycles. The Hall–Kier alpha value is -1.35. The SMILES string of the molecule is CC(C)CC(=O)N1CCCN(Cc2ccccc2)CC1. The van der Waals surface area contributed by atoms with Crippen molar-refractivity contribution in [2.24, 2.45) is 5.92 Å². The van der Waals surface area contributed by atoms with Gasteiger partial charge >= 0.3 is 0 Å². The summed E-state index contributed by atoms with van der Waals surface area (Å²) in [6.45, 7) is 9.07. The molecule has 20 heavy (non-hydrogen) atoms. The van der Waals surface area contributed by atoms with Gasteiger partial charge in [-0.05, 0) is 17.9 Å². The fourth-order valence-corrected chi connectivity index (χ4v) is 2.70. The van der Waals surface area contributed by atoms with Gasteiger partial charge in [0.2, 0.25) is 5.91 Å². The van der Waals surface area contributed by atoms with E-state index in [0.29, 0.717) is 18.2 Å². The van der Waals surface area contributed by atoms with Crippen LogP contribution in [0.3, 0.4) is 0 Å². The zero-order valence-corrected chi connectivity index (χ0v) is 12.7. The zero-order valence-electron chi connectivity index (χ0n) is 12.7. The van der Waals surface area contributed by atoms with E-state index in [-0.39, 0.29) is 0 Å². The molecule has 2 rings (SSSR count). The maximum Gasteiger partial charge on any atom is 0.222 e. The molecule has 1 aromatic carbocycles. The molecule has 0 bridgehead atoms. The summed E-state index contributed by atoms with van der Waals surface area (Å²) in [5, 5.41) is 0. The molecule has 0 unspecified atom stereocenters. The third kappa shape index (κ3) is 4.64. The Morgan fingerprint density at radius 3 is 2.55 bits per heavy atom. The van der Waals surface area contributed by atoms with E-state index in [1.165, 1.54) is 5.56 Å². The second kappa shape index (κ2) is 7.44. The lowest BCUT2D eigenvalue weighted by Gasteiger charge is -2.22. The first kappa shape index (κ1) is 15.0. The zero-order chi connectivity index (χ0) is 14.4. The van der Waals surface area contributed by atoms with Crippen LogP contribution >= 0.6 is 0 Å². The van der Waals surface area contributed by atoms with Gasteiger partial charge in [0.05, 0.1) is 0 Å². The molecule has 1 amide bonds. The van der Waals surface area contributed by atoms with Gasteiger partial charge in [0.25, 0.3) is 0 Å². The van der Waals surface area contributed by atoms with Crippen molar-refractivity contribution in [3.8, 4) is 0 Å². The summed E-state index contributed by atoms with van der Waals surface area (Å²) in [4.78, 5) is 16.6. The molecule has 0 aromatic heterocycles. The molecule has 1 aromatic rings. The predicted molar refractivity (Wildman–Crippen MR) is 82.4 cm³/mol. The van der Waals surface area contributed by atoms with Gasteiger partial charge in [-0.3, -0.25) is 9.69 Å². The summed E-state index contributed by atoms with van der Waals surface area (Å²) < 4.78 is 0. The van der Waals surface area contributed by atoms with Gasteiger partial charge in [-0.1, -0.05) is 44.2 Å². The highest BCUT2D eigenvalue weighted by molar-refractivity contribution is 5.76. The predicted octanol–water partition coefficient (Wildman–Crippen LogP) is 2.77. The number of rotatable bonds is 4. The number of amides is 1. The van der Waals surface area contributed by atoms with E-state index in [1.54, 1.807) is 0 Å². The van der Waals surface area contributed by atoms with Crippen LogP contribution in [-0.4, -0.2) is 41.9 Å². The lowest BCUT2D eigenvalue weighted by molar-refractivity contribution is -0.131. The van der Waals surface area contributed by atoms with Crippen LogP contribution < -0.4 is 0 Å². The summed E-state index contributed by atoms with van der Waals surface area (Å²) in [6.07, 6.45) is 1.76. The Kier molecular flexibility index (Phi) is 5.60. The van der Waals surface area contributed by atoms with Crippen LogP contribution in [-0.2, 0) is 11.3 Å². The molecule has 0 spiro atoms. The van der Waals surface area contributed by atoms with Gasteiger partial charge in [0.1, 0.15) is 0 Å². The van der Waals surface area contributed by atoms with Gasteiger partial charge in [-0.25, -0.2) is 0 Å². The highest BCUT2D eigenvalue weighted by atomic mass is 16.2. The maximum atomic E-state index is 12.1. The van der Waals surface area contributed by atoms with Crippen LogP contribution in [0.2, 0.25) is 0 Å². The van der Waals surface area contributed by atoms with Crippen LogP contribution in [0.4, 0.5) is 0 Å². The first-order valence-electron chi connectivity index (χ1n) is 7.69. The van der Waals surface area contributed by atoms with Gasteiger partial charge in [0, 0.05) is 39.1 Å². The minimum Gasteiger partial charge on any atom is -0.341 e. The quantitative estimate of drug-likeness (QED) is 0.843. The fourth-order valence-electron chi connectivity index (χ4n) is 2.70. The molecule has 1 aliphatic heterocycles. The minimum atomic E-state index is 0.321. The first-order valence-corrected chi connectivity index (χ1v) is 7.69. The summed E-state index contributed by atoms with van der Waals surface area (Å²) in [5.74, 6) is 0.771. The fraction of sp³-hybridized carbons (Fsp3) is 0.588. The van der Waals surface area contributed by atoms with Crippen LogP contribution in [0, 0.1) is 5.92 Å². The number of carbonyl (C=O) groups is 1. The van der Waals surface area contributed by atoms with Crippen LogP contribution in [0.5, 0.6) is 0 Å². The molecule has 3 heteroatoms. The Bertz CT molecular complexity index is 416. The van der Waals surface area contributed by atoms with Crippen molar-refractivity contribution in [3.05, 3.63) is 35.9 Å². The van der Waals surface area contributed by atoms with Gasteiger partial charge in [0.15, 0.2) is 0 Å². The molecule has 1 saturated heterocycles. The Morgan fingerprint density at radius 1 is 1.10 bits per heavy atom. The molecule has 0 N–H and O–H groups in total. The molecular weight excluding hydrogens is 248 g/mol. The highest BCUT2D eigenvalue weighted by Gasteiger charge is 2.19. The average molecular weight is 274 g/mol. The lowest BCUT2D eigenvalue weighted by atomic mass is 10.1. The van der Waals surface area contributed by atoms with E-state index >= 15 is 0 Å². The van der Waals surface area contributed by atoms with Gasteiger partial charge in [-0.15, -0.1) is 0 Å². The summed E-state index contributed by atoms with van der Waals surface area (Å²) in [5.41, 5.74) is 1.36. The van der Waals surface area contributed by atoms with E-state index in [2.05, 4.69) is 49.1 Å². The average Bonchev–Trinajstić information content (AvgIpc) is 2.65. The molecule has 3 nitrogen and oxygen atoms in total. The van der Waals surface area contributed by atoms with Crippen molar-refractivity contribution >= 4 is 5.91 Å². The van der Waals surface area contributed by atoms with Crippen LogP contribution in [0.15, 0.2) is 30.3 Å². The van der Waals surface area contributed by atoms with Gasteiger partial charge < -0.3 is 4.90 Å². The number of benzene rings is 1. The van der Waals surface area contributed by atoms with Crippen molar-refractivity contribution in [2.75, 3.05) is 26.2 Å². The lowest BCUT2D eigenvalue weighted by Crippen LogP contribution is -2.35. The minimum absolute atomic E-state index is 0.321. The smallest absolute Gasteiger partial charge is 0.222 e. The maximum absolute atomic E-state index is 12.1. The molecule has 0 atom stereocenters. The van der Waals surface area contributed by atoms with Crippen molar-refractivity contribution < 1.29 is 4.79 Å². The van der Waals surface area contributed by atoms with E-state index in [1.807, 2.05) is 4.90 Å². The monoisotopic (exact) mass is 274 g/mol. The van der Waals surface area contributed by atoms with Crippen molar-refractivity contribution in [2.45, 2.75) is 33.2 Å². The number of hydrogen-bond acceptors (Lipinski definition) is 2. The van der Waals surface area contributed by atoms with Gasteiger partial charge in [-0.2, -0.15) is 0 Å². The topological polar surface area (TPSA) is 23.6 Å². The number of hydrogen-bond donors (Lipinski definition) is 0. The normalized spacial score (nSPS) is 17.2. The molecule has 0 saturated carbocycles. The molecular formula is C17H26N2O. The van der Waals surface area contributed by atoms with E-state index < -0.39 is 0 Å². The molecule has 0 radical (unpaired) electrons. The van der Waals surface area contributed by atoms with Crippen molar-refractivity contribution in [1.29, 1.82) is 0 Å². The molecule has 1 heterocycles. The van der Waals surface area contributed by atoms with Crippen molar-refractivity contribution in [1.82, 2.24) is 9.80 Å².